The molecular weight excluding hydrogens is 332 g/mol. The summed E-state index contributed by atoms with van der Waals surface area (Å²) in [6.07, 6.45) is 3.28. The van der Waals surface area contributed by atoms with Crippen LogP contribution in [-0.4, -0.2) is 24.7 Å². The van der Waals surface area contributed by atoms with E-state index >= 15 is 0 Å². The third kappa shape index (κ3) is 4.52. The molecule has 0 bridgehead atoms. The highest BCUT2D eigenvalue weighted by Gasteiger charge is 2.25. The van der Waals surface area contributed by atoms with Crippen LogP contribution in [0.2, 0.25) is 0 Å². The molecule has 2 aromatic heterocycles. The molecule has 1 unspecified atom stereocenters. The van der Waals surface area contributed by atoms with Gasteiger partial charge >= 0.3 is 0 Å². The molecule has 1 atom stereocenters. The summed E-state index contributed by atoms with van der Waals surface area (Å²) in [5, 5.41) is 16.9. The lowest BCUT2D eigenvalue weighted by molar-refractivity contribution is 0.0556. The molecule has 6 heteroatoms. The molecule has 0 aliphatic rings. The predicted octanol–water partition coefficient (Wildman–Crippen LogP) is 3.97. The average Bonchev–Trinajstić information content (AvgIpc) is 3.17. The van der Waals surface area contributed by atoms with Gasteiger partial charge in [0.1, 0.15) is 11.5 Å². The van der Waals surface area contributed by atoms with Crippen LogP contribution in [0, 0.1) is 5.41 Å². The first-order chi connectivity index (χ1) is 11.7. The fourth-order valence-corrected chi connectivity index (χ4v) is 3.31. The SMILES string of the molecule is CC(C)(C)Cc1c[nH]c(CC(C)(O)c2ccc(-c3csnn3)cc2)n1. The quantitative estimate of drug-likeness (QED) is 0.725. The van der Waals surface area contributed by atoms with Gasteiger partial charge in [0.15, 0.2) is 0 Å². The lowest BCUT2D eigenvalue weighted by atomic mass is 9.90. The van der Waals surface area contributed by atoms with E-state index in [2.05, 4.69) is 40.3 Å². The van der Waals surface area contributed by atoms with E-state index < -0.39 is 5.60 Å². The fraction of sp³-hybridized carbons (Fsp3) is 0.421. The molecule has 2 heterocycles. The normalized spacial score (nSPS) is 14.4. The van der Waals surface area contributed by atoms with Gasteiger partial charge < -0.3 is 10.1 Å². The van der Waals surface area contributed by atoms with E-state index in [1.807, 2.05) is 42.8 Å². The molecule has 3 rings (SSSR count). The van der Waals surface area contributed by atoms with Crippen molar-refractivity contribution in [1.82, 2.24) is 19.6 Å². The van der Waals surface area contributed by atoms with E-state index in [0.29, 0.717) is 6.42 Å². The van der Waals surface area contributed by atoms with Crippen molar-refractivity contribution in [1.29, 1.82) is 0 Å². The third-order valence-corrected chi connectivity index (χ3v) is 4.57. The largest absolute Gasteiger partial charge is 0.385 e. The number of aromatic nitrogens is 4. The highest BCUT2D eigenvalue weighted by atomic mass is 32.1. The fourth-order valence-electron chi connectivity index (χ4n) is 2.85. The Hall–Kier alpha value is -2.05. The molecule has 5 nitrogen and oxygen atoms in total. The second kappa shape index (κ2) is 6.69. The molecule has 0 fully saturated rings. The summed E-state index contributed by atoms with van der Waals surface area (Å²) >= 11 is 1.33. The Labute approximate surface area is 152 Å². The summed E-state index contributed by atoms with van der Waals surface area (Å²) in [5.74, 6) is 0.803. The maximum absolute atomic E-state index is 10.9. The van der Waals surface area contributed by atoms with Crippen LogP contribution in [0.3, 0.4) is 0 Å². The zero-order chi connectivity index (χ0) is 18.1. The van der Waals surface area contributed by atoms with Crippen LogP contribution in [-0.2, 0) is 18.4 Å². The van der Waals surface area contributed by atoms with Crippen molar-refractivity contribution in [3.8, 4) is 11.3 Å². The van der Waals surface area contributed by atoms with Crippen molar-refractivity contribution in [3.05, 3.63) is 52.9 Å². The first-order valence-corrected chi connectivity index (χ1v) is 9.20. The number of nitrogens with one attached hydrogen (secondary N) is 1. The van der Waals surface area contributed by atoms with E-state index in [-0.39, 0.29) is 5.41 Å². The summed E-state index contributed by atoms with van der Waals surface area (Å²) in [6.45, 7) is 8.39. The van der Waals surface area contributed by atoms with Gasteiger partial charge in [-0.05, 0) is 35.9 Å². The molecule has 0 saturated carbocycles. The number of H-pyrrole nitrogens is 1. The smallest absolute Gasteiger partial charge is 0.109 e. The van der Waals surface area contributed by atoms with E-state index in [9.17, 15) is 5.11 Å². The van der Waals surface area contributed by atoms with Crippen molar-refractivity contribution in [3.63, 3.8) is 0 Å². The lowest BCUT2D eigenvalue weighted by Gasteiger charge is -2.23. The van der Waals surface area contributed by atoms with Crippen molar-refractivity contribution in [2.75, 3.05) is 0 Å². The summed E-state index contributed by atoms with van der Waals surface area (Å²) in [6, 6.07) is 7.81. The number of benzene rings is 1. The van der Waals surface area contributed by atoms with Crippen molar-refractivity contribution >= 4 is 11.5 Å². The van der Waals surface area contributed by atoms with Crippen LogP contribution < -0.4 is 0 Å². The molecular formula is C19H24N4OS. The van der Waals surface area contributed by atoms with Gasteiger partial charge in [-0.2, -0.15) is 0 Å². The number of aromatic amines is 1. The van der Waals surface area contributed by atoms with Crippen LogP contribution in [0.25, 0.3) is 11.3 Å². The summed E-state index contributed by atoms with van der Waals surface area (Å²) in [4.78, 5) is 7.83. The molecule has 0 amide bonds. The Morgan fingerprint density at radius 2 is 1.80 bits per heavy atom. The Morgan fingerprint density at radius 1 is 1.08 bits per heavy atom. The Balaban J connectivity index is 1.73. The van der Waals surface area contributed by atoms with Gasteiger partial charge in [0, 0.05) is 23.6 Å². The van der Waals surface area contributed by atoms with Crippen LogP contribution in [0.1, 0.15) is 44.8 Å². The van der Waals surface area contributed by atoms with Gasteiger partial charge in [0.2, 0.25) is 0 Å². The number of hydrogen-bond acceptors (Lipinski definition) is 5. The number of rotatable bonds is 5. The minimum atomic E-state index is -0.990. The standard InChI is InChI=1S/C19H24N4OS/c1-18(2,3)9-15-11-20-17(21-15)10-19(4,24)14-7-5-13(6-8-14)16-12-25-23-22-16/h5-8,11-12,24H,9-10H2,1-4H3,(H,20,21). The van der Waals surface area contributed by atoms with E-state index in [4.69, 9.17) is 0 Å². The maximum Gasteiger partial charge on any atom is 0.109 e. The molecule has 0 radical (unpaired) electrons. The number of aliphatic hydroxyl groups is 1. The molecule has 0 aliphatic carbocycles. The topological polar surface area (TPSA) is 74.7 Å². The molecule has 25 heavy (non-hydrogen) atoms. The van der Waals surface area contributed by atoms with Crippen molar-refractivity contribution < 1.29 is 5.11 Å². The van der Waals surface area contributed by atoms with Crippen molar-refractivity contribution in [2.24, 2.45) is 5.41 Å². The Morgan fingerprint density at radius 3 is 2.40 bits per heavy atom. The lowest BCUT2D eigenvalue weighted by Crippen LogP contribution is -2.25. The van der Waals surface area contributed by atoms with E-state index in [1.54, 1.807) is 0 Å². The molecule has 0 aliphatic heterocycles. The van der Waals surface area contributed by atoms with E-state index in [0.717, 1.165) is 34.8 Å². The molecule has 132 valence electrons. The molecule has 2 N–H and O–H groups in total. The zero-order valence-electron chi connectivity index (χ0n) is 15.1. The second-order valence-electron chi connectivity index (χ2n) is 7.89. The van der Waals surface area contributed by atoms with Crippen LogP contribution in [0.4, 0.5) is 0 Å². The molecule has 0 saturated heterocycles. The first-order valence-electron chi connectivity index (χ1n) is 8.36. The van der Waals surface area contributed by atoms with Gasteiger partial charge in [-0.25, -0.2) is 4.98 Å². The Kier molecular flexibility index (Phi) is 4.75. The number of imidazole rings is 1. The van der Waals surface area contributed by atoms with Gasteiger partial charge in [0.25, 0.3) is 0 Å². The minimum absolute atomic E-state index is 0.190. The summed E-state index contributed by atoms with van der Waals surface area (Å²) in [7, 11) is 0. The van der Waals surface area contributed by atoms with Crippen LogP contribution in [0.15, 0.2) is 35.8 Å². The first kappa shape index (κ1) is 17.8. The average molecular weight is 356 g/mol. The molecule has 0 spiro atoms. The van der Waals surface area contributed by atoms with Gasteiger partial charge in [-0.15, -0.1) is 5.10 Å². The minimum Gasteiger partial charge on any atom is -0.385 e. The van der Waals surface area contributed by atoms with Gasteiger partial charge in [-0.3, -0.25) is 0 Å². The summed E-state index contributed by atoms with van der Waals surface area (Å²) in [5.41, 5.74) is 2.94. The molecule has 3 aromatic rings. The maximum atomic E-state index is 10.9. The predicted molar refractivity (Wildman–Crippen MR) is 100 cm³/mol. The zero-order valence-corrected chi connectivity index (χ0v) is 15.9. The van der Waals surface area contributed by atoms with Crippen LogP contribution >= 0.6 is 11.5 Å². The number of hydrogen-bond donors (Lipinski definition) is 2. The molecule has 1 aromatic carbocycles. The van der Waals surface area contributed by atoms with Gasteiger partial charge in [0.05, 0.1) is 11.3 Å². The monoisotopic (exact) mass is 356 g/mol. The highest BCUT2D eigenvalue weighted by molar-refractivity contribution is 7.03. The van der Waals surface area contributed by atoms with Crippen molar-refractivity contribution in [2.45, 2.75) is 46.1 Å². The van der Waals surface area contributed by atoms with Gasteiger partial charge in [-0.1, -0.05) is 49.5 Å². The number of nitrogens with zero attached hydrogens (tertiary/aromatic N) is 3. The van der Waals surface area contributed by atoms with E-state index in [1.165, 1.54) is 11.5 Å². The Bertz CT molecular complexity index is 814. The van der Waals surface area contributed by atoms with Crippen LogP contribution in [0.5, 0.6) is 0 Å². The highest BCUT2D eigenvalue weighted by Crippen LogP contribution is 2.27. The summed E-state index contributed by atoms with van der Waals surface area (Å²) < 4.78 is 3.88. The third-order valence-electron chi connectivity index (χ3n) is 4.07. The second-order valence-corrected chi connectivity index (χ2v) is 8.50.